The van der Waals surface area contributed by atoms with Crippen molar-refractivity contribution in [2.24, 2.45) is 0 Å². The maximum Gasteiger partial charge on any atom is 0.310 e. The van der Waals surface area contributed by atoms with E-state index in [-0.39, 0.29) is 12.1 Å². The zero-order valence-corrected chi connectivity index (χ0v) is 11.6. The van der Waals surface area contributed by atoms with Gasteiger partial charge < -0.3 is 14.4 Å². The highest BCUT2D eigenvalue weighted by Crippen LogP contribution is 2.15. The summed E-state index contributed by atoms with van der Waals surface area (Å²) in [5.74, 6) is 0.650. The van der Waals surface area contributed by atoms with Gasteiger partial charge >= 0.3 is 5.97 Å². The molecule has 1 aromatic carbocycles. The number of likely N-dealkylation sites (tertiary alicyclic amines) is 1. The first-order valence-corrected chi connectivity index (χ1v) is 6.68. The van der Waals surface area contributed by atoms with Gasteiger partial charge in [-0.3, -0.25) is 4.79 Å². The smallest absolute Gasteiger partial charge is 0.310 e. The van der Waals surface area contributed by atoms with Gasteiger partial charge in [0.25, 0.3) is 0 Å². The molecule has 0 aromatic heterocycles. The van der Waals surface area contributed by atoms with E-state index < -0.39 is 0 Å². The first-order chi connectivity index (χ1) is 9.17. The van der Waals surface area contributed by atoms with E-state index in [1.54, 1.807) is 7.11 Å². The van der Waals surface area contributed by atoms with Crippen LogP contribution in [0.1, 0.15) is 18.4 Å². The maximum atomic E-state index is 11.9. The molecule has 4 nitrogen and oxygen atoms in total. The summed E-state index contributed by atoms with van der Waals surface area (Å²) in [5, 5.41) is 0. The first-order valence-electron chi connectivity index (χ1n) is 6.68. The molecule has 104 valence electrons. The molecule has 0 saturated carbocycles. The van der Waals surface area contributed by atoms with Crippen molar-refractivity contribution in [1.82, 2.24) is 4.90 Å². The van der Waals surface area contributed by atoms with E-state index in [0.29, 0.717) is 6.42 Å². The molecule has 0 aliphatic carbocycles. The van der Waals surface area contributed by atoms with E-state index in [1.807, 2.05) is 24.3 Å². The van der Waals surface area contributed by atoms with Crippen molar-refractivity contribution in [3.05, 3.63) is 29.8 Å². The van der Waals surface area contributed by atoms with Crippen molar-refractivity contribution in [2.75, 3.05) is 27.2 Å². The monoisotopic (exact) mass is 263 g/mol. The van der Waals surface area contributed by atoms with Gasteiger partial charge in [0.05, 0.1) is 13.5 Å². The Bertz CT molecular complexity index is 416. The lowest BCUT2D eigenvalue weighted by Gasteiger charge is -2.29. The number of likely N-dealkylation sites (N-methyl/N-ethyl adjacent to an activating group) is 1. The van der Waals surface area contributed by atoms with Crippen LogP contribution in [0.3, 0.4) is 0 Å². The van der Waals surface area contributed by atoms with Gasteiger partial charge in [0.2, 0.25) is 0 Å². The van der Waals surface area contributed by atoms with E-state index in [0.717, 1.165) is 37.2 Å². The van der Waals surface area contributed by atoms with Crippen molar-refractivity contribution in [3.8, 4) is 5.75 Å². The van der Waals surface area contributed by atoms with Gasteiger partial charge in [-0.25, -0.2) is 0 Å². The molecule has 1 atom stereocenters. The molecule has 0 radical (unpaired) electrons. The lowest BCUT2D eigenvalue weighted by Crippen LogP contribution is -2.38. The number of hydrogen-bond acceptors (Lipinski definition) is 4. The van der Waals surface area contributed by atoms with Crippen LogP contribution in [0.25, 0.3) is 0 Å². The lowest BCUT2D eigenvalue weighted by molar-refractivity contribution is -0.150. The Balaban J connectivity index is 1.83. The third kappa shape index (κ3) is 4.24. The summed E-state index contributed by atoms with van der Waals surface area (Å²) in [6, 6.07) is 7.51. The topological polar surface area (TPSA) is 38.8 Å². The first kappa shape index (κ1) is 13.9. The Kier molecular flexibility index (Phi) is 4.80. The molecular weight excluding hydrogens is 242 g/mol. The Morgan fingerprint density at radius 2 is 2.11 bits per heavy atom. The van der Waals surface area contributed by atoms with E-state index >= 15 is 0 Å². The number of carbonyl (C=O) groups is 1. The van der Waals surface area contributed by atoms with Crippen molar-refractivity contribution in [1.29, 1.82) is 0 Å². The van der Waals surface area contributed by atoms with Gasteiger partial charge in [0.15, 0.2) is 0 Å². The van der Waals surface area contributed by atoms with Crippen molar-refractivity contribution < 1.29 is 14.3 Å². The summed E-state index contributed by atoms with van der Waals surface area (Å²) >= 11 is 0. The molecule has 0 N–H and O–H groups in total. The van der Waals surface area contributed by atoms with Gasteiger partial charge in [-0.2, -0.15) is 0 Å². The molecule has 2 rings (SSSR count). The number of rotatable bonds is 4. The third-order valence-corrected chi connectivity index (χ3v) is 3.39. The fraction of sp³-hybridized carbons (Fsp3) is 0.533. The van der Waals surface area contributed by atoms with Crippen LogP contribution in [-0.2, 0) is 16.0 Å². The number of nitrogens with zero attached hydrogens (tertiary/aromatic N) is 1. The Labute approximate surface area is 114 Å². The predicted octanol–water partition coefficient (Wildman–Crippen LogP) is 1.88. The molecule has 1 heterocycles. The number of methoxy groups -OCH3 is 1. The largest absolute Gasteiger partial charge is 0.497 e. The molecule has 0 unspecified atom stereocenters. The minimum Gasteiger partial charge on any atom is -0.497 e. The molecule has 0 bridgehead atoms. The van der Waals surface area contributed by atoms with Gasteiger partial charge in [-0.05, 0) is 44.1 Å². The highest BCUT2D eigenvalue weighted by Gasteiger charge is 2.20. The summed E-state index contributed by atoms with van der Waals surface area (Å²) in [6.07, 6.45) is 2.43. The highest BCUT2D eigenvalue weighted by atomic mass is 16.5. The van der Waals surface area contributed by atoms with Gasteiger partial charge in [-0.15, -0.1) is 0 Å². The predicted molar refractivity (Wildman–Crippen MR) is 73.3 cm³/mol. The number of carbonyl (C=O) groups excluding carboxylic acids is 1. The van der Waals surface area contributed by atoms with Crippen LogP contribution in [0.5, 0.6) is 5.75 Å². The van der Waals surface area contributed by atoms with Crippen LogP contribution in [-0.4, -0.2) is 44.2 Å². The SMILES string of the molecule is COc1ccc(CC(=O)O[C@H]2CCCN(C)C2)cc1. The van der Waals surface area contributed by atoms with Crippen LogP contribution in [0, 0.1) is 0 Å². The Morgan fingerprint density at radius 3 is 2.74 bits per heavy atom. The minimum absolute atomic E-state index is 0.0458. The summed E-state index contributed by atoms with van der Waals surface area (Å²) in [5.41, 5.74) is 0.954. The van der Waals surface area contributed by atoms with E-state index in [9.17, 15) is 4.79 Å². The number of piperidine rings is 1. The van der Waals surface area contributed by atoms with E-state index in [1.165, 1.54) is 0 Å². The second kappa shape index (κ2) is 6.57. The lowest BCUT2D eigenvalue weighted by atomic mass is 10.1. The molecule has 1 aromatic rings. The number of hydrogen-bond donors (Lipinski definition) is 0. The maximum absolute atomic E-state index is 11.9. The average Bonchev–Trinajstić information content (AvgIpc) is 2.39. The molecule has 4 heteroatoms. The van der Waals surface area contributed by atoms with Crippen LogP contribution >= 0.6 is 0 Å². The molecular formula is C15H21NO3. The number of ether oxygens (including phenoxy) is 2. The quantitative estimate of drug-likeness (QED) is 0.777. The average molecular weight is 263 g/mol. The second-order valence-corrected chi connectivity index (χ2v) is 5.04. The summed E-state index contributed by atoms with van der Waals surface area (Å²) < 4.78 is 10.6. The number of benzene rings is 1. The van der Waals surface area contributed by atoms with Crippen molar-refractivity contribution in [3.63, 3.8) is 0 Å². The Hall–Kier alpha value is -1.55. The summed E-state index contributed by atoms with van der Waals surface area (Å²) in [4.78, 5) is 14.1. The minimum atomic E-state index is -0.148. The molecule has 0 amide bonds. The molecule has 1 aliphatic heterocycles. The fourth-order valence-electron chi connectivity index (χ4n) is 2.35. The molecule has 1 saturated heterocycles. The Morgan fingerprint density at radius 1 is 1.37 bits per heavy atom. The van der Waals surface area contributed by atoms with E-state index in [2.05, 4.69) is 11.9 Å². The van der Waals surface area contributed by atoms with Crippen molar-refractivity contribution in [2.45, 2.75) is 25.4 Å². The second-order valence-electron chi connectivity index (χ2n) is 5.04. The highest BCUT2D eigenvalue weighted by molar-refractivity contribution is 5.72. The van der Waals surface area contributed by atoms with Gasteiger partial charge in [-0.1, -0.05) is 12.1 Å². The van der Waals surface area contributed by atoms with Crippen LogP contribution in [0.2, 0.25) is 0 Å². The number of esters is 1. The normalized spacial score (nSPS) is 20.0. The molecule has 19 heavy (non-hydrogen) atoms. The molecule has 1 fully saturated rings. The zero-order valence-electron chi connectivity index (χ0n) is 11.6. The summed E-state index contributed by atoms with van der Waals surface area (Å²) in [7, 11) is 3.69. The standard InChI is InChI=1S/C15H21NO3/c1-16-9-3-4-14(11-16)19-15(17)10-12-5-7-13(18-2)8-6-12/h5-8,14H,3-4,9-11H2,1-2H3/t14-/m0/s1. The van der Waals surface area contributed by atoms with Gasteiger partial charge in [0.1, 0.15) is 11.9 Å². The molecule has 1 aliphatic rings. The van der Waals surface area contributed by atoms with Crippen LogP contribution < -0.4 is 4.74 Å². The molecule has 0 spiro atoms. The van der Waals surface area contributed by atoms with E-state index in [4.69, 9.17) is 9.47 Å². The van der Waals surface area contributed by atoms with Crippen LogP contribution in [0.4, 0.5) is 0 Å². The van der Waals surface area contributed by atoms with Crippen LogP contribution in [0.15, 0.2) is 24.3 Å². The fourth-order valence-corrected chi connectivity index (χ4v) is 2.35. The van der Waals surface area contributed by atoms with Gasteiger partial charge in [0, 0.05) is 6.54 Å². The third-order valence-electron chi connectivity index (χ3n) is 3.39. The van der Waals surface area contributed by atoms with Crippen molar-refractivity contribution >= 4 is 5.97 Å². The summed E-state index contributed by atoms with van der Waals surface area (Å²) in [6.45, 7) is 1.93. The zero-order chi connectivity index (χ0) is 13.7.